The van der Waals surface area contributed by atoms with Crippen LogP contribution in [0.3, 0.4) is 0 Å². The highest BCUT2D eigenvalue weighted by Gasteiger charge is 2.14. The van der Waals surface area contributed by atoms with Gasteiger partial charge in [-0.15, -0.1) is 11.3 Å². The summed E-state index contributed by atoms with van der Waals surface area (Å²) in [5.74, 6) is -1.11. The number of carbonyl (C=O) groups is 1. The maximum Gasteiger partial charge on any atom is 0.355 e. The number of benzene rings is 1. The highest BCUT2D eigenvalue weighted by Crippen LogP contribution is 2.28. The topological polar surface area (TPSA) is 105 Å². The van der Waals surface area contributed by atoms with Crippen LogP contribution in [0.4, 0.5) is 11.4 Å². The Morgan fingerprint density at radius 3 is 2.90 bits per heavy atom. The van der Waals surface area contributed by atoms with Crippen molar-refractivity contribution in [3.05, 3.63) is 49.4 Å². The number of nitrogens with one attached hydrogen (secondary N) is 1. The number of hydrogen-bond donors (Lipinski definition) is 2. The van der Waals surface area contributed by atoms with E-state index in [4.69, 9.17) is 16.7 Å². The number of nitrogens with zero attached hydrogens (tertiary/aromatic N) is 2. The number of nitro benzene ring substituents is 1. The zero-order valence-corrected chi connectivity index (χ0v) is 11.4. The quantitative estimate of drug-likeness (QED) is 0.649. The normalized spacial score (nSPS) is 10.2. The molecular weight excluding hydrogens is 306 g/mol. The molecule has 0 aliphatic carbocycles. The Morgan fingerprint density at radius 1 is 1.55 bits per heavy atom. The maximum atomic E-state index is 10.9. The van der Waals surface area contributed by atoms with Crippen molar-refractivity contribution in [2.75, 3.05) is 5.32 Å². The average Bonchev–Trinajstić information content (AvgIpc) is 2.85. The first-order valence-electron chi connectivity index (χ1n) is 5.33. The van der Waals surface area contributed by atoms with E-state index >= 15 is 0 Å². The van der Waals surface area contributed by atoms with E-state index in [1.54, 1.807) is 0 Å². The van der Waals surface area contributed by atoms with E-state index in [0.29, 0.717) is 10.0 Å². The van der Waals surface area contributed by atoms with Crippen molar-refractivity contribution in [2.24, 2.45) is 0 Å². The van der Waals surface area contributed by atoms with Gasteiger partial charge in [-0.25, -0.2) is 9.78 Å². The molecule has 1 heterocycles. The van der Waals surface area contributed by atoms with E-state index in [1.165, 1.54) is 23.6 Å². The summed E-state index contributed by atoms with van der Waals surface area (Å²) in [6.45, 7) is 0.180. The molecule has 0 atom stereocenters. The first-order chi connectivity index (χ1) is 9.47. The van der Waals surface area contributed by atoms with Gasteiger partial charge in [0.25, 0.3) is 5.69 Å². The van der Waals surface area contributed by atoms with E-state index in [2.05, 4.69) is 10.3 Å². The molecule has 0 amide bonds. The molecule has 0 saturated carbocycles. The van der Waals surface area contributed by atoms with Crippen molar-refractivity contribution >= 4 is 40.3 Å². The summed E-state index contributed by atoms with van der Waals surface area (Å²) >= 11 is 6.95. The van der Waals surface area contributed by atoms with Crippen LogP contribution in [0.25, 0.3) is 0 Å². The standard InChI is InChI=1S/C11H8ClN3O4S/c12-6-1-2-9(15(18)19)7(3-6)13-4-10-14-8(5-20-10)11(16)17/h1-3,5,13H,4H2,(H,16,17). The summed E-state index contributed by atoms with van der Waals surface area (Å²) in [6.07, 6.45) is 0. The second-order valence-electron chi connectivity index (χ2n) is 3.70. The van der Waals surface area contributed by atoms with Gasteiger partial charge < -0.3 is 10.4 Å². The monoisotopic (exact) mass is 313 g/mol. The zero-order valence-electron chi connectivity index (χ0n) is 9.87. The van der Waals surface area contributed by atoms with E-state index in [0.717, 1.165) is 11.3 Å². The lowest BCUT2D eigenvalue weighted by Gasteiger charge is -2.05. The number of hydrogen-bond acceptors (Lipinski definition) is 6. The smallest absolute Gasteiger partial charge is 0.355 e. The fourth-order valence-corrected chi connectivity index (χ4v) is 2.35. The molecule has 0 fully saturated rings. The Bertz CT molecular complexity index is 673. The first kappa shape index (κ1) is 14.2. The number of thiazole rings is 1. The molecular formula is C11H8ClN3O4S. The average molecular weight is 314 g/mol. The van der Waals surface area contributed by atoms with Gasteiger partial charge in [-0.1, -0.05) is 11.6 Å². The summed E-state index contributed by atoms with van der Waals surface area (Å²) in [5.41, 5.74) is 0.103. The Labute approximate surface area is 122 Å². The van der Waals surface area contributed by atoms with Gasteiger partial charge in [0.2, 0.25) is 0 Å². The van der Waals surface area contributed by atoms with Crippen LogP contribution in [-0.2, 0) is 6.54 Å². The van der Waals surface area contributed by atoms with Crippen LogP contribution in [0.5, 0.6) is 0 Å². The maximum absolute atomic E-state index is 10.9. The van der Waals surface area contributed by atoms with Crippen molar-refractivity contribution in [2.45, 2.75) is 6.54 Å². The van der Waals surface area contributed by atoms with Crippen LogP contribution < -0.4 is 5.32 Å². The summed E-state index contributed by atoms with van der Waals surface area (Å²) in [5, 5.41) is 24.7. The minimum absolute atomic E-state index is 0.0487. The molecule has 2 N–H and O–H groups in total. The van der Waals surface area contributed by atoms with E-state index < -0.39 is 10.9 Å². The molecule has 0 spiro atoms. The third-order valence-corrected chi connectivity index (χ3v) is 3.44. The van der Waals surface area contributed by atoms with Gasteiger partial charge in [0.05, 0.1) is 11.5 Å². The molecule has 0 aliphatic rings. The second-order valence-corrected chi connectivity index (χ2v) is 5.08. The minimum Gasteiger partial charge on any atom is -0.476 e. The highest BCUT2D eigenvalue weighted by molar-refractivity contribution is 7.09. The van der Waals surface area contributed by atoms with Crippen LogP contribution in [0.15, 0.2) is 23.6 Å². The predicted molar refractivity (Wildman–Crippen MR) is 74.5 cm³/mol. The van der Waals surface area contributed by atoms with Gasteiger partial charge in [-0.2, -0.15) is 0 Å². The Hall–Kier alpha value is -2.19. The largest absolute Gasteiger partial charge is 0.476 e. The number of carboxylic acid groups (broad SMARTS) is 1. The van der Waals surface area contributed by atoms with Crippen molar-refractivity contribution in [1.82, 2.24) is 4.98 Å². The lowest BCUT2D eigenvalue weighted by Crippen LogP contribution is -2.03. The molecule has 9 heteroatoms. The van der Waals surface area contributed by atoms with E-state index in [9.17, 15) is 14.9 Å². The van der Waals surface area contributed by atoms with E-state index in [1.807, 2.05) is 0 Å². The molecule has 0 radical (unpaired) electrons. The number of halogens is 1. The van der Waals surface area contributed by atoms with Crippen LogP contribution in [0.2, 0.25) is 5.02 Å². The lowest BCUT2D eigenvalue weighted by atomic mass is 10.2. The number of carboxylic acids is 1. The molecule has 0 bridgehead atoms. The number of aromatic nitrogens is 1. The molecule has 20 heavy (non-hydrogen) atoms. The third-order valence-electron chi connectivity index (χ3n) is 2.36. The third kappa shape index (κ3) is 3.22. The van der Waals surface area contributed by atoms with Crippen LogP contribution in [-0.4, -0.2) is 21.0 Å². The molecule has 2 rings (SSSR count). The van der Waals surface area contributed by atoms with Crippen molar-refractivity contribution in [3.8, 4) is 0 Å². The van der Waals surface area contributed by atoms with Gasteiger partial charge in [-0.05, 0) is 12.1 Å². The van der Waals surface area contributed by atoms with E-state index in [-0.39, 0.29) is 23.6 Å². The van der Waals surface area contributed by atoms with Crippen molar-refractivity contribution in [1.29, 1.82) is 0 Å². The minimum atomic E-state index is -1.11. The fourth-order valence-electron chi connectivity index (χ4n) is 1.47. The number of anilines is 1. The van der Waals surface area contributed by atoms with Crippen LogP contribution in [0.1, 0.15) is 15.5 Å². The number of aromatic carboxylic acids is 1. The molecule has 0 aliphatic heterocycles. The first-order valence-corrected chi connectivity index (χ1v) is 6.58. The Kier molecular flexibility index (Phi) is 4.16. The van der Waals surface area contributed by atoms with Crippen LogP contribution >= 0.6 is 22.9 Å². The van der Waals surface area contributed by atoms with Gasteiger partial charge in [0.15, 0.2) is 5.69 Å². The number of rotatable bonds is 5. The summed E-state index contributed by atoms with van der Waals surface area (Å²) in [4.78, 5) is 24.9. The van der Waals surface area contributed by atoms with Crippen molar-refractivity contribution < 1.29 is 14.8 Å². The summed E-state index contributed by atoms with van der Waals surface area (Å²) in [7, 11) is 0. The molecule has 1 aromatic heterocycles. The molecule has 0 saturated heterocycles. The lowest BCUT2D eigenvalue weighted by molar-refractivity contribution is -0.384. The zero-order chi connectivity index (χ0) is 14.7. The fraction of sp³-hybridized carbons (Fsp3) is 0.0909. The summed E-state index contributed by atoms with van der Waals surface area (Å²) < 4.78 is 0. The predicted octanol–water partition coefficient (Wildman–Crippen LogP) is 3.02. The number of nitro groups is 1. The highest BCUT2D eigenvalue weighted by atomic mass is 35.5. The summed E-state index contributed by atoms with van der Waals surface area (Å²) in [6, 6.07) is 4.16. The molecule has 7 nitrogen and oxygen atoms in total. The Morgan fingerprint density at radius 2 is 2.30 bits per heavy atom. The second kappa shape index (κ2) is 5.85. The van der Waals surface area contributed by atoms with Gasteiger partial charge in [0.1, 0.15) is 10.7 Å². The molecule has 2 aromatic rings. The Balaban J connectivity index is 2.15. The van der Waals surface area contributed by atoms with Gasteiger partial charge >= 0.3 is 5.97 Å². The van der Waals surface area contributed by atoms with Gasteiger partial charge in [-0.3, -0.25) is 10.1 Å². The molecule has 104 valence electrons. The SMILES string of the molecule is O=C(O)c1csc(CNc2cc(Cl)ccc2[N+](=O)[O-])n1. The molecule has 0 unspecified atom stereocenters. The van der Waals surface area contributed by atoms with Crippen molar-refractivity contribution in [3.63, 3.8) is 0 Å². The van der Waals surface area contributed by atoms with Gasteiger partial charge in [0, 0.05) is 16.5 Å². The molecule has 1 aromatic carbocycles. The van der Waals surface area contributed by atoms with Crippen LogP contribution in [0, 0.1) is 10.1 Å².